The van der Waals surface area contributed by atoms with E-state index in [1.807, 2.05) is 0 Å². The Morgan fingerprint density at radius 3 is 2.53 bits per heavy atom. The van der Waals surface area contributed by atoms with E-state index in [2.05, 4.69) is 20.9 Å². The van der Waals surface area contributed by atoms with Gasteiger partial charge in [0.15, 0.2) is 0 Å². The van der Waals surface area contributed by atoms with Crippen LogP contribution in [0.1, 0.15) is 23.3 Å². The van der Waals surface area contributed by atoms with E-state index in [9.17, 15) is 9.59 Å². The fourth-order valence-corrected chi connectivity index (χ4v) is 2.33. The van der Waals surface area contributed by atoms with Crippen LogP contribution in [-0.2, 0) is 4.79 Å². The zero-order valence-corrected chi connectivity index (χ0v) is 10.7. The number of carboxylic acid groups (broad SMARTS) is 1. The minimum absolute atomic E-state index is 0.0699. The van der Waals surface area contributed by atoms with Gasteiger partial charge in [-0.25, -0.2) is 0 Å². The number of nitrogens with zero attached hydrogens (tertiary/aromatic N) is 1. The number of aromatic amines is 1. The molecule has 1 aromatic rings. The van der Waals surface area contributed by atoms with Crippen molar-refractivity contribution in [3.05, 3.63) is 22.4 Å². The van der Waals surface area contributed by atoms with Gasteiger partial charge in [0.25, 0.3) is 5.91 Å². The number of rotatable bonds is 2. The average Bonchev–Trinajstić information content (AvgIpc) is 2.75. The smallest absolute Gasteiger partial charge is 0.306 e. The maximum absolute atomic E-state index is 12.0. The molecule has 0 saturated carbocycles. The number of carboxylic acids is 1. The second-order valence-electron chi connectivity index (χ2n) is 4.14. The molecule has 0 aliphatic carbocycles. The number of amides is 1. The number of aromatic nitrogens is 1. The number of nitrogens with one attached hydrogen (secondary N) is 1. The molecule has 1 saturated heterocycles. The maximum Gasteiger partial charge on any atom is 0.306 e. The van der Waals surface area contributed by atoms with Crippen LogP contribution in [0.4, 0.5) is 0 Å². The first-order valence-electron chi connectivity index (χ1n) is 5.44. The highest BCUT2D eigenvalue weighted by molar-refractivity contribution is 9.10. The molecule has 92 valence electrons. The van der Waals surface area contributed by atoms with Crippen LogP contribution in [0.5, 0.6) is 0 Å². The molecule has 2 rings (SSSR count). The van der Waals surface area contributed by atoms with Crippen LogP contribution in [0, 0.1) is 5.92 Å². The standard InChI is InChI=1S/C11H13BrN2O3/c12-8-5-9(13-6-8)10(15)14-3-1-7(2-4-14)11(16)17/h5-7,13H,1-4H2,(H,16,17). The summed E-state index contributed by atoms with van der Waals surface area (Å²) in [6.45, 7) is 1.01. The average molecular weight is 301 g/mol. The van der Waals surface area contributed by atoms with Crippen molar-refractivity contribution in [1.82, 2.24) is 9.88 Å². The summed E-state index contributed by atoms with van der Waals surface area (Å²) in [5.41, 5.74) is 0.533. The van der Waals surface area contributed by atoms with E-state index in [-0.39, 0.29) is 11.8 Å². The number of carbonyl (C=O) groups excluding carboxylic acids is 1. The Hall–Kier alpha value is -1.30. The molecule has 0 atom stereocenters. The quantitative estimate of drug-likeness (QED) is 0.873. The van der Waals surface area contributed by atoms with Gasteiger partial charge in [0.1, 0.15) is 5.69 Å². The van der Waals surface area contributed by atoms with Gasteiger partial charge in [-0.3, -0.25) is 9.59 Å². The van der Waals surface area contributed by atoms with E-state index in [4.69, 9.17) is 5.11 Å². The molecule has 1 aromatic heterocycles. The zero-order chi connectivity index (χ0) is 12.4. The zero-order valence-electron chi connectivity index (χ0n) is 9.15. The van der Waals surface area contributed by atoms with Gasteiger partial charge in [-0.2, -0.15) is 0 Å². The first-order chi connectivity index (χ1) is 8.08. The summed E-state index contributed by atoms with van der Waals surface area (Å²) in [5, 5.41) is 8.87. The molecule has 1 fully saturated rings. The van der Waals surface area contributed by atoms with Crippen LogP contribution in [0.3, 0.4) is 0 Å². The van der Waals surface area contributed by atoms with Crippen LogP contribution < -0.4 is 0 Å². The molecular formula is C11H13BrN2O3. The van der Waals surface area contributed by atoms with E-state index in [0.717, 1.165) is 4.47 Å². The van der Waals surface area contributed by atoms with Crippen LogP contribution >= 0.6 is 15.9 Å². The Kier molecular flexibility index (Phi) is 3.51. The normalized spacial score (nSPS) is 17.1. The third-order valence-corrected chi connectivity index (χ3v) is 3.47. The number of carbonyl (C=O) groups is 2. The molecular weight excluding hydrogens is 288 g/mol. The summed E-state index contributed by atoms with van der Waals surface area (Å²) in [6, 6.07) is 1.73. The number of H-pyrrole nitrogens is 1. The van der Waals surface area contributed by atoms with Gasteiger partial charge < -0.3 is 15.0 Å². The van der Waals surface area contributed by atoms with Crippen molar-refractivity contribution in [1.29, 1.82) is 0 Å². The van der Waals surface area contributed by atoms with E-state index in [0.29, 0.717) is 31.6 Å². The Bertz CT molecular complexity index is 436. The molecule has 1 amide bonds. The number of aliphatic carboxylic acids is 1. The molecule has 0 radical (unpaired) electrons. The highest BCUT2D eigenvalue weighted by Gasteiger charge is 2.27. The molecule has 2 N–H and O–H groups in total. The van der Waals surface area contributed by atoms with E-state index in [1.54, 1.807) is 17.2 Å². The van der Waals surface area contributed by atoms with Crippen LogP contribution in [0.15, 0.2) is 16.7 Å². The van der Waals surface area contributed by atoms with Gasteiger partial charge in [0, 0.05) is 23.8 Å². The molecule has 1 aliphatic rings. The molecule has 2 heterocycles. The van der Waals surface area contributed by atoms with Gasteiger partial charge in [0.05, 0.1) is 5.92 Å². The van der Waals surface area contributed by atoms with Crippen molar-refractivity contribution < 1.29 is 14.7 Å². The van der Waals surface area contributed by atoms with Crippen molar-refractivity contribution in [2.45, 2.75) is 12.8 Å². The monoisotopic (exact) mass is 300 g/mol. The van der Waals surface area contributed by atoms with Gasteiger partial charge >= 0.3 is 5.97 Å². The van der Waals surface area contributed by atoms with Gasteiger partial charge in [-0.05, 0) is 34.8 Å². The molecule has 1 aliphatic heterocycles. The van der Waals surface area contributed by atoms with Crippen molar-refractivity contribution in [3.8, 4) is 0 Å². The summed E-state index contributed by atoms with van der Waals surface area (Å²) in [5.74, 6) is -1.14. The Labute approximate surface area is 107 Å². The van der Waals surface area contributed by atoms with Gasteiger partial charge in [-0.15, -0.1) is 0 Å². The number of hydrogen-bond donors (Lipinski definition) is 2. The Morgan fingerprint density at radius 2 is 2.06 bits per heavy atom. The van der Waals surface area contributed by atoms with Gasteiger partial charge in [-0.1, -0.05) is 0 Å². The number of piperidine rings is 1. The molecule has 17 heavy (non-hydrogen) atoms. The first-order valence-corrected chi connectivity index (χ1v) is 6.23. The highest BCUT2D eigenvalue weighted by Crippen LogP contribution is 2.20. The van der Waals surface area contributed by atoms with Crippen molar-refractivity contribution in [3.63, 3.8) is 0 Å². The molecule has 0 aromatic carbocycles. The fourth-order valence-electron chi connectivity index (χ4n) is 1.99. The minimum atomic E-state index is -0.764. The minimum Gasteiger partial charge on any atom is -0.481 e. The lowest BCUT2D eigenvalue weighted by atomic mass is 9.97. The third kappa shape index (κ3) is 2.69. The van der Waals surface area contributed by atoms with Crippen LogP contribution in [0.2, 0.25) is 0 Å². The van der Waals surface area contributed by atoms with E-state index in [1.165, 1.54) is 0 Å². The molecule has 0 spiro atoms. The topological polar surface area (TPSA) is 73.4 Å². The lowest BCUT2D eigenvalue weighted by molar-refractivity contribution is -0.143. The van der Waals surface area contributed by atoms with Crippen molar-refractivity contribution >= 4 is 27.8 Å². The van der Waals surface area contributed by atoms with E-state index < -0.39 is 5.97 Å². The predicted molar refractivity (Wildman–Crippen MR) is 64.8 cm³/mol. The summed E-state index contributed by atoms with van der Waals surface area (Å²) < 4.78 is 0.835. The van der Waals surface area contributed by atoms with Crippen LogP contribution in [-0.4, -0.2) is 40.0 Å². The lowest BCUT2D eigenvalue weighted by Gasteiger charge is -2.29. The Morgan fingerprint density at radius 1 is 1.41 bits per heavy atom. The predicted octanol–water partition coefficient (Wildman–Crippen LogP) is 1.71. The second-order valence-corrected chi connectivity index (χ2v) is 5.05. The first kappa shape index (κ1) is 12.2. The van der Waals surface area contributed by atoms with Crippen molar-refractivity contribution in [2.24, 2.45) is 5.92 Å². The third-order valence-electron chi connectivity index (χ3n) is 3.01. The highest BCUT2D eigenvalue weighted by atomic mass is 79.9. The molecule has 0 bridgehead atoms. The largest absolute Gasteiger partial charge is 0.481 e. The maximum atomic E-state index is 12.0. The SMILES string of the molecule is O=C(O)C1CCN(C(=O)c2cc(Br)c[nH]2)CC1. The second kappa shape index (κ2) is 4.91. The fraction of sp³-hybridized carbons (Fsp3) is 0.455. The molecule has 5 nitrogen and oxygen atoms in total. The van der Waals surface area contributed by atoms with Gasteiger partial charge in [0.2, 0.25) is 0 Å². The summed E-state index contributed by atoms with van der Waals surface area (Å²) in [6.07, 6.45) is 2.77. The summed E-state index contributed by atoms with van der Waals surface area (Å²) >= 11 is 3.27. The number of likely N-dealkylation sites (tertiary alicyclic amines) is 1. The lowest BCUT2D eigenvalue weighted by Crippen LogP contribution is -2.40. The number of halogens is 1. The molecule has 0 unspecified atom stereocenters. The van der Waals surface area contributed by atoms with Crippen molar-refractivity contribution in [2.75, 3.05) is 13.1 Å². The summed E-state index contributed by atoms with van der Waals surface area (Å²) in [4.78, 5) is 27.4. The number of hydrogen-bond acceptors (Lipinski definition) is 2. The Balaban J connectivity index is 1.97. The van der Waals surface area contributed by atoms with Crippen LogP contribution in [0.25, 0.3) is 0 Å². The molecule has 6 heteroatoms. The van der Waals surface area contributed by atoms with E-state index >= 15 is 0 Å². The summed E-state index contributed by atoms with van der Waals surface area (Å²) in [7, 11) is 0.